The Morgan fingerprint density at radius 2 is 1.74 bits per heavy atom. The summed E-state index contributed by atoms with van der Waals surface area (Å²) in [4.78, 5) is 0. The van der Waals surface area contributed by atoms with Crippen molar-refractivity contribution < 1.29 is 0 Å². The van der Waals surface area contributed by atoms with Crippen LogP contribution < -0.4 is 5.32 Å². The Balaban J connectivity index is 2.66. The number of hydrogen-bond donors (Lipinski definition) is 1. The van der Waals surface area contributed by atoms with Crippen LogP contribution in [0.5, 0.6) is 0 Å². The third-order valence-corrected chi connectivity index (χ3v) is 4.17. The number of benzene rings is 1. The second-order valence-electron chi connectivity index (χ2n) is 6.11. The van der Waals surface area contributed by atoms with Gasteiger partial charge in [0, 0.05) is 17.1 Å². The van der Waals surface area contributed by atoms with Gasteiger partial charge in [-0.1, -0.05) is 74.7 Å². The van der Waals surface area contributed by atoms with Crippen LogP contribution in [0.3, 0.4) is 0 Å². The van der Waals surface area contributed by atoms with Gasteiger partial charge >= 0.3 is 0 Å². The Bertz CT molecular complexity index is 360. The molecule has 1 aromatic carbocycles. The molecule has 0 aliphatic carbocycles. The van der Waals surface area contributed by atoms with Crippen molar-refractivity contribution in [2.75, 3.05) is 6.54 Å². The summed E-state index contributed by atoms with van der Waals surface area (Å²) in [7, 11) is 0. The minimum absolute atomic E-state index is 0.551. The van der Waals surface area contributed by atoms with Gasteiger partial charge in [0.05, 0.1) is 0 Å². The van der Waals surface area contributed by atoms with E-state index >= 15 is 0 Å². The van der Waals surface area contributed by atoms with Crippen molar-refractivity contribution in [3.8, 4) is 0 Å². The van der Waals surface area contributed by atoms with Crippen molar-refractivity contribution in [1.82, 2.24) is 5.32 Å². The highest BCUT2D eigenvalue weighted by Crippen LogP contribution is 2.29. The molecule has 0 fully saturated rings. The van der Waals surface area contributed by atoms with Gasteiger partial charge in [-0.05, 0) is 29.9 Å². The fourth-order valence-electron chi connectivity index (χ4n) is 2.32. The molecule has 1 N–H and O–H groups in total. The molecule has 0 saturated carbocycles. The van der Waals surface area contributed by atoms with Gasteiger partial charge in [-0.25, -0.2) is 0 Å². The van der Waals surface area contributed by atoms with E-state index in [1.807, 2.05) is 0 Å². The molecule has 1 nitrogen and oxygen atoms in total. The summed E-state index contributed by atoms with van der Waals surface area (Å²) in [6.07, 6.45) is 3.90. The van der Waals surface area contributed by atoms with E-state index < -0.39 is 0 Å². The van der Waals surface area contributed by atoms with E-state index in [-0.39, 0.29) is 0 Å². The van der Waals surface area contributed by atoms with Crippen molar-refractivity contribution in [3.05, 3.63) is 34.3 Å². The molecular formula is C17H28BrN. The summed E-state index contributed by atoms with van der Waals surface area (Å²) in [6, 6.07) is 9.20. The molecule has 0 aromatic heterocycles. The van der Waals surface area contributed by atoms with Crippen molar-refractivity contribution >= 4 is 15.9 Å². The van der Waals surface area contributed by atoms with Crippen LogP contribution in [0.25, 0.3) is 0 Å². The van der Waals surface area contributed by atoms with E-state index in [0.717, 1.165) is 12.5 Å². The summed E-state index contributed by atoms with van der Waals surface area (Å²) in [5, 5.41) is 3.59. The Kier molecular flexibility index (Phi) is 7.70. The molecule has 1 aromatic rings. The van der Waals surface area contributed by atoms with Gasteiger partial charge in [-0.15, -0.1) is 0 Å². The number of rotatable bonds is 8. The fourth-order valence-corrected chi connectivity index (χ4v) is 2.93. The molecule has 0 spiro atoms. The van der Waals surface area contributed by atoms with E-state index in [1.165, 1.54) is 29.3 Å². The van der Waals surface area contributed by atoms with Gasteiger partial charge in [-0.3, -0.25) is 0 Å². The second-order valence-corrected chi connectivity index (χ2v) is 6.96. The molecule has 0 heterocycles. The first kappa shape index (κ1) is 16.7. The van der Waals surface area contributed by atoms with E-state index in [1.54, 1.807) is 0 Å². The molecule has 1 unspecified atom stereocenters. The van der Waals surface area contributed by atoms with Crippen molar-refractivity contribution in [2.24, 2.45) is 5.92 Å². The molecule has 0 radical (unpaired) electrons. The Hall–Kier alpha value is -0.340. The van der Waals surface area contributed by atoms with Crippen LogP contribution in [-0.4, -0.2) is 12.6 Å². The maximum atomic E-state index is 3.70. The van der Waals surface area contributed by atoms with Crippen LogP contribution in [-0.2, 0) is 0 Å². The average Bonchev–Trinajstić information content (AvgIpc) is 2.34. The summed E-state index contributed by atoms with van der Waals surface area (Å²) in [6.45, 7) is 10.1. The van der Waals surface area contributed by atoms with E-state index in [0.29, 0.717) is 12.0 Å². The molecule has 108 valence electrons. The fraction of sp³-hybridized carbons (Fsp3) is 0.647. The van der Waals surface area contributed by atoms with Crippen LogP contribution >= 0.6 is 15.9 Å². The Morgan fingerprint density at radius 3 is 2.32 bits per heavy atom. The SMILES string of the molecule is CC(C)CCCC(CNC(C)C)c1ccccc1Br. The lowest BCUT2D eigenvalue weighted by Gasteiger charge is -2.21. The zero-order chi connectivity index (χ0) is 14.3. The Labute approximate surface area is 127 Å². The van der Waals surface area contributed by atoms with Crippen LogP contribution in [0, 0.1) is 5.92 Å². The predicted molar refractivity (Wildman–Crippen MR) is 88.7 cm³/mol. The van der Waals surface area contributed by atoms with Gasteiger partial charge in [-0.2, -0.15) is 0 Å². The first-order chi connectivity index (χ1) is 9.00. The highest BCUT2D eigenvalue weighted by atomic mass is 79.9. The predicted octanol–water partition coefficient (Wildman–Crippen LogP) is 5.36. The first-order valence-electron chi connectivity index (χ1n) is 7.48. The largest absolute Gasteiger partial charge is 0.314 e. The van der Waals surface area contributed by atoms with E-state index in [2.05, 4.69) is 73.2 Å². The molecular weight excluding hydrogens is 298 g/mol. The van der Waals surface area contributed by atoms with Crippen molar-refractivity contribution in [1.29, 1.82) is 0 Å². The van der Waals surface area contributed by atoms with Crippen LogP contribution in [0.2, 0.25) is 0 Å². The minimum Gasteiger partial charge on any atom is -0.314 e. The van der Waals surface area contributed by atoms with E-state index in [9.17, 15) is 0 Å². The molecule has 0 aliphatic rings. The molecule has 0 bridgehead atoms. The monoisotopic (exact) mass is 325 g/mol. The topological polar surface area (TPSA) is 12.0 Å². The first-order valence-corrected chi connectivity index (χ1v) is 8.27. The summed E-state index contributed by atoms with van der Waals surface area (Å²) < 4.78 is 1.25. The molecule has 19 heavy (non-hydrogen) atoms. The number of halogens is 1. The lowest BCUT2D eigenvalue weighted by molar-refractivity contribution is 0.463. The second kappa shape index (κ2) is 8.76. The van der Waals surface area contributed by atoms with Gasteiger partial charge in [0.25, 0.3) is 0 Å². The minimum atomic E-state index is 0.551. The molecule has 0 saturated heterocycles. The standard InChI is InChI=1S/C17H28BrN/c1-13(2)8-7-9-15(12-19-14(3)4)16-10-5-6-11-17(16)18/h5-6,10-11,13-15,19H,7-9,12H2,1-4H3. The summed E-state index contributed by atoms with van der Waals surface area (Å²) >= 11 is 3.70. The van der Waals surface area contributed by atoms with Gasteiger partial charge in [0.2, 0.25) is 0 Å². The van der Waals surface area contributed by atoms with Crippen molar-refractivity contribution in [2.45, 2.75) is 58.9 Å². The van der Waals surface area contributed by atoms with Crippen molar-refractivity contribution in [3.63, 3.8) is 0 Å². The summed E-state index contributed by atoms with van der Waals surface area (Å²) in [5.74, 6) is 1.41. The average molecular weight is 326 g/mol. The highest BCUT2D eigenvalue weighted by Gasteiger charge is 2.14. The number of hydrogen-bond acceptors (Lipinski definition) is 1. The molecule has 1 rings (SSSR count). The highest BCUT2D eigenvalue weighted by molar-refractivity contribution is 9.10. The zero-order valence-corrected chi connectivity index (χ0v) is 14.3. The van der Waals surface area contributed by atoms with Gasteiger partial charge < -0.3 is 5.32 Å². The maximum Gasteiger partial charge on any atom is 0.0210 e. The zero-order valence-electron chi connectivity index (χ0n) is 12.7. The normalized spacial score (nSPS) is 13.2. The van der Waals surface area contributed by atoms with E-state index in [4.69, 9.17) is 0 Å². The lowest BCUT2D eigenvalue weighted by Crippen LogP contribution is -2.28. The Morgan fingerprint density at radius 1 is 1.05 bits per heavy atom. The molecule has 2 heteroatoms. The third kappa shape index (κ3) is 6.58. The van der Waals surface area contributed by atoms with Gasteiger partial charge in [0.15, 0.2) is 0 Å². The van der Waals surface area contributed by atoms with Crippen LogP contribution in [0.4, 0.5) is 0 Å². The molecule has 1 atom stereocenters. The smallest absolute Gasteiger partial charge is 0.0210 e. The quantitative estimate of drug-likeness (QED) is 0.678. The van der Waals surface area contributed by atoms with Gasteiger partial charge in [0.1, 0.15) is 0 Å². The molecule has 0 amide bonds. The maximum absolute atomic E-state index is 3.70. The lowest BCUT2D eigenvalue weighted by atomic mass is 9.91. The van der Waals surface area contributed by atoms with Crippen LogP contribution in [0.1, 0.15) is 58.4 Å². The summed E-state index contributed by atoms with van der Waals surface area (Å²) in [5.41, 5.74) is 1.44. The molecule has 0 aliphatic heterocycles. The van der Waals surface area contributed by atoms with Crippen LogP contribution in [0.15, 0.2) is 28.7 Å². The third-order valence-electron chi connectivity index (χ3n) is 3.45. The number of nitrogens with one attached hydrogen (secondary N) is 1.